The molecule has 306 valence electrons. The normalized spacial score (nSPS) is 12.0. The van der Waals surface area contributed by atoms with Gasteiger partial charge in [-0.1, -0.05) is 66.7 Å². The van der Waals surface area contributed by atoms with Crippen LogP contribution in [0.3, 0.4) is 0 Å². The molecule has 0 radical (unpaired) electrons. The summed E-state index contributed by atoms with van der Waals surface area (Å²) >= 11 is 0. The van der Waals surface area contributed by atoms with Gasteiger partial charge in [-0.3, -0.25) is 14.0 Å². The molecule has 0 unspecified atom stereocenters. The maximum Gasteiger partial charge on any atom is 0.276 e. The summed E-state index contributed by atoms with van der Waals surface area (Å²) in [4.78, 5) is 31.9. The lowest BCUT2D eigenvalue weighted by atomic mass is 10.0. The van der Waals surface area contributed by atoms with Crippen LogP contribution in [-0.4, -0.2) is 35.7 Å². The molecule has 0 saturated carbocycles. The van der Waals surface area contributed by atoms with Crippen molar-refractivity contribution in [2.75, 3.05) is 5.01 Å². The molecule has 0 aliphatic carbocycles. The van der Waals surface area contributed by atoms with Gasteiger partial charge in [-0.15, -0.1) is 20.4 Å². The molecular weight excluding hydrogens is 809 g/mol. The third-order valence-corrected chi connectivity index (χ3v) is 11.0. The summed E-state index contributed by atoms with van der Waals surface area (Å²) in [5.41, 5.74) is 4.66. The van der Waals surface area contributed by atoms with Gasteiger partial charge in [-0.2, -0.15) is 10.2 Å². The number of hydrogen-bond acceptors (Lipinski definition) is 13. The number of carbonyl (C=O) groups excluding carboxylic acids is 1. The molecule has 0 atom stereocenters. The molecule has 3 heterocycles. The maximum absolute atomic E-state index is 13.7. The highest BCUT2D eigenvalue weighted by Crippen LogP contribution is 2.43. The first-order valence-corrected chi connectivity index (χ1v) is 19.9. The number of phenolic OH excluding ortho intramolecular Hbond substituents is 2. The van der Waals surface area contributed by atoms with Crippen molar-refractivity contribution < 1.29 is 19.4 Å². The Morgan fingerprint density at radius 2 is 1.23 bits per heavy atom. The van der Waals surface area contributed by atoms with E-state index in [2.05, 4.69) is 30.7 Å². The van der Waals surface area contributed by atoms with Crippen molar-refractivity contribution in [2.45, 2.75) is 0 Å². The number of para-hydroxylation sites is 3. The second-order valence-corrected chi connectivity index (χ2v) is 14.8. The van der Waals surface area contributed by atoms with E-state index in [1.165, 1.54) is 0 Å². The number of aromatic nitrogens is 4. The Morgan fingerprint density at radius 3 is 1.95 bits per heavy atom. The fourth-order valence-electron chi connectivity index (χ4n) is 7.88. The van der Waals surface area contributed by atoms with Crippen LogP contribution in [0.4, 0.5) is 28.4 Å². The van der Waals surface area contributed by atoms with Gasteiger partial charge in [0, 0.05) is 38.1 Å². The minimum atomic E-state index is -0.610. The van der Waals surface area contributed by atoms with Gasteiger partial charge in [-0.25, -0.2) is 15.8 Å². The third-order valence-electron chi connectivity index (χ3n) is 11.0. The van der Waals surface area contributed by atoms with E-state index in [1.807, 2.05) is 48.5 Å². The van der Waals surface area contributed by atoms with Gasteiger partial charge in [0.05, 0.1) is 33.7 Å². The molecule has 0 saturated heterocycles. The van der Waals surface area contributed by atoms with Crippen LogP contribution in [0.15, 0.2) is 187 Å². The number of hydrogen-bond donors (Lipinski definition) is 3. The largest absolute Gasteiger partial charge is 0.506 e. The minimum absolute atomic E-state index is 0.0203. The number of fused-ring (bicyclic) bond motifs is 5. The van der Waals surface area contributed by atoms with Gasteiger partial charge in [0.1, 0.15) is 22.8 Å². The zero-order chi connectivity index (χ0) is 43.5. The van der Waals surface area contributed by atoms with Gasteiger partial charge in [0.25, 0.3) is 11.5 Å². The van der Waals surface area contributed by atoms with Crippen molar-refractivity contribution in [3.8, 4) is 34.4 Å². The number of pyridine rings is 1. The van der Waals surface area contributed by atoms with Crippen LogP contribution < -0.4 is 16.4 Å². The van der Waals surface area contributed by atoms with Gasteiger partial charge in [0.15, 0.2) is 5.75 Å². The summed E-state index contributed by atoms with van der Waals surface area (Å²) in [5, 5.41) is 53.2. The molecule has 0 spiro atoms. The molecule has 0 aliphatic heterocycles. The number of hydrazine groups is 1. The standard InChI is InChI=1S/C49H30N10O5/c50-59(32-10-2-1-3-11-32)49(63)37-25-29-9-4-5-12-33(29)43(44(37)61)55-53-31-23-19-28(20-24-31)47-57-56-46(64-47)27-17-21-30(22-18-27)52-54-42-34-13-8-14-35-41(34)36(26-40(42)60)45-51-38-15-6-7-16-39(38)58(45)48(35)62/h1-26,60-61H,50H2. The smallest absolute Gasteiger partial charge is 0.276 e. The first-order chi connectivity index (χ1) is 31.3. The molecule has 11 rings (SSSR count). The number of rotatable bonds is 8. The van der Waals surface area contributed by atoms with E-state index in [0.29, 0.717) is 77.2 Å². The van der Waals surface area contributed by atoms with Crippen LogP contribution in [0.2, 0.25) is 0 Å². The molecular formula is C49H30N10O5. The third kappa shape index (κ3) is 6.31. The topological polar surface area (TPSA) is 210 Å². The molecule has 8 aromatic carbocycles. The second kappa shape index (κ2) is 15.1. The number of amides is 1. The van der Waals surface area contributed by atoms with Crippen LogP contribution in [0.1, 0.15) is 10.4 Å². The SMILES string of the molecule is NN(C(=O)c1cc2ccccc2c(N=Nc2ccc(-c3nnc(-c4ccc(N=Nc5c(O)cc6c7c5cccc7c(=O)n5c7ccccc7nc65)cc4)o3)cc2)c1O)c1ccccc1. The molecule has 0 aliphatic rings. The Kier molecular flexibility index (Phi) is 8.88. The molecule has 0 fully saturated rings. The van der Waals surface area contributed by atoms with Crippen molar-refractivity contribution in [1.82, 2.24) is 19.6 Å². The summed E-state index contributed by atoms with van der Waals surface area (Å²) in [7, 11) is 0. The van der Waals surface area contributed by atoms with Gasteiger partial charge < -0.3 is 14.6 Å². The number of imidazole rings is 1. The number of phenols is 2. The zero-order valence-corrected chi connectivity index (χ0v) is 33.2. The molecule has 3 aromatic heterocycles. The molecule has 15 heteroatoms. The minimum Gasteiger partial charge on any atom is -0.506 e. The molecule has 11 aromatic rings. The predicted molar refractivity (Wildman–Crippen MR) is 243 cm³/mol. The summed E-state index contributed by atoms with van der Waals surface area (Å²) in [6, 6.07) is 45.8. The molecule has 1 amide bonds. The van der Waals surface area contributed by atoms with Crippen molar-refractivity contribution in [3.63, 3.8) is 0 Å². The number of nitrogens with zero attached hydrogens (tertiary/aromatic N) is 9. The summed E-state index contributed by atoms with van der Waals surface area (Å²) in [6.45, 7) is 0. The monoisotopic (exact) mass is 838 g/mol. The van der Waals surface area contributed by atoms with E-state index < -0.39 is 5.91 Å². The van der Waals surface area contributed by atoms with Gasteiger partial charge >= 0.3 is 0 Å². The second-order valence-electron chi connectivity index (χ2n) is 14.8. The summed E-state index contributed by atoms with van der Waals surface area (Å²) in [6.07, 6.45) is 0. The average Bonchev–Trinajstić information content (AvgIpc) is 3.99. The van der Waals surface area contributed by atoms with E-state index in [-0.39, 0.29) is 45.8 Å². The van der Waals surface area contributed by atoms with Crippen molar-refractivity contribution in [1.29, 1.82) is 0 Å². The quantitative estimate of drug-likeness (QED) is 0.0574. The number of benzene rings is 8. The number of nitrogens with two attached hydrogens (primary N) is 1. The molecule has 15 nitrogen and oxygen atoms in total. The summed E-state index contributed by atoms with van der Waals surface area (Å²) < 4.78 is 7.60. The predicted octanol–water partition coefficient (Wildman–Crippen LogP) is 11.2. The Labute approximate surface area is 360 Å². The molecule has 4 N–H and O–H groups in total. The van der Waals surface area contributed by atoms with E-state index in [0.717, 1.165) is 5.01 Å². The van der Waals surface area contributed by atoms with Crippen LogP contribution in [0, 0.1) is 0 Å². The number of azo groups is 2. The van der Waals surface area contributed by atoms with E-state index in [4.69, 9.17) is 15.2 Å². The van der Waals surface area contributed by atoms with E-state index in [1.54, 1.807) is 114 Å². The molecule has 0 bridgehead atoms. The highest BCUT2D eigenvalue weighted by Gasteiger charge is 2.23. The maximum atomic E-state index is 13.7. The first kappa shape index (κ1) is 37.8. The highest BCUT2D eigenvalue weighted by molar-refractivity contribution is 6.19. The Balaban J connectivity index is 0.823. The van der Waals surface area contributed by atoms with Crippen LogP contribution in [0.25, 0.3) is 71.9 Å². The fourth-order valence-corrected chi connectivity index (χ4v) is 7.88. The Morgan fingerprint density at radius 1 is 0.625 bits per heavy atom. The zero-order valence-electron chi connectivity index (χ0n) is 33.2. The lowest BCUT2D eigenvalue weighted by molar-refractivity contribution is 0.0984. The van der Waals surface area contributed by atoms with Crippen molar-refractivity contribution >= 4 is 83.3 Å². The molecule has 64 heavy (non-hydrogen) atoms. The average molecular weight is 839 g/mol. The summed E-state index contributed by atoms with van der Waals surface area (Å²) in [5.74, 6) is 5.65. The van der Waals surface area contributed by atoms with E-state index in [9.17, 15) is 19.8 Å². The first-order valence-electron chi connectivity index (χ1n) is 19.9. The van der Waals surface area contributed by atoms with E-state index >= 15 is 0 Å². The lowest BCUT2D eigenvalue weighted by Gasteiger charge is -2.18. The lowest BCUT2D eigenvalue weighted by Crippen LogP contribution is -2.37. The number of aromatic hydroxyl groups is 2. The van der Waals surface area contributed by atoms with Crippen LogP contribution in [0.5, 0.6) is 11.5 Å². The van der Waals surface area contributed by atoms with Crippen LogP contribution >= 0.6 is 0 Å². The van der Waals surface area contributed by atoms with Gasteiger partial charge in [-0.05, 0) is 96.4 Å². The Bertz CT molecular complexity index is 3760. The van der Waals surface area contributed by atoms with Crippen molar-refractivity contribution in [2.24, 2.45) is 26.3 Å². The fraction of sp³-hybridized carbons (Fsp3) is 0. The van der Waals surface area contributed by atoms with Crippen molar-refractivity contribution in [3.05, 3.63) is 174 Å². The highest BCUT2D eigenvalue weighted by atomic mass is 16.4. The van der Waals surface area contributed by atoms with Crippen LogP contribution in [-0.2, 0) is 0 Å². The van der Waals surface area contributed by atoms with Gasteiger partial charge in [0.2, 0.25) is 11.8 Å². The number of carbonyl (C=O) groups is 1. The number of anilines is 1. The Hall–Kier alpha value is -9.21.